The molecule has 2 aromatic rings. The van der Waals surface area contributed by atoms with Gasteiger partial charge in [0.1, 0.15) is 5.69 Å². The summed E-state index contributed by atoms with van der Waals surface area (Å²) in [4.78, 5) is 31.6. The number of hydrogen-bond acceptors (Lipinski definition) is 3. The van der Waals surface area contributed by atoms with Gasteiger partial charge in [-0.15, -0.1) is 0 Å². The summed E-state index contributed by atoms with van der Waals surface area (Å²) in [7, 11) is 0. The van der Waals surface area contributed by atoms with E-state index in [1.54, 1.807) is 12.1 Å². The van der Waals surface area contributed by atoms with E-state index in [0.717, 1.165) is 37.9 Å². The first-order chi connectivity index (χ1) is 13.1. The summed E-state index contributed by atoms with van der Waals surface area (Å²) < 4.78 is 0. The number of pyridine rings is 1. The Hall–Kier alpha value is -2.69. The topological polar surface area (TPSA) is 62.3 Å². The van der Waals surface area contributed by atoms with Gasteiger partial charge < -0.3 is 10.2 Å². The van der Waals surface area contributed by atoms with E-state index < -0.39 is 0 Å². The maximum absolute atomic E-state index is 12.9. The minimum atomic E-state index is -0.306. The van der Waals surface area contributed by atoms with Crippen LogP contribution in [0.25, 0.3) is 0 Å². The Morgan fingerprint density at radius 3 is 2.63 bits per heavy atom. The molecule has 0 bridgehead atoms. The minimum Gasteiger partial charge on any atom is -0.336 e. The molecule has 1 atom stereocenters. The van der Waals surface area contributed by atoms with Gasteiger partial charge in [-0.05, 0) is 61.9 Å². The number of amides is 2. The van der Waals surface area contributed by atoms with Gasteiger partial charge >= 0.3 is 0 Å². The Morgan fingerprint density at radius 2 is 1.93 bits per heavy atom. The van der Waals surface area contributed by atoms with Crippen LogP contribution in [0.5, 0.6) is 0 Å². The molecule has 1 unspecified atom stereocenters. The summed E-state index contributed by atoms with van der Waals surface area (Å²) in [6.45, 7) is 4.99. The smallest absolute Gasteiger partial charge is 0.274 e. The zero-order valence-electron chi connectivity index (χ0n) is 16.1. The largest absolute Gasteiger partial charge is 0.336 e. The molecule has 1 aliphatic rings. The third-order valence-corrected chi connectivity index (χ3v) is 5.22. The van der Waals surface area contributed by atoms with Crippen LogP contribution in [0.15, 0.2) is 42.6 Å². The van der Waals surface area contributed by atoms with Crippen molar-refractivity contribution >= 4 is 17.5 Å². The molecule has 3 rings (SSSR count). The summed E-state index contributed by atoms with van der Waals surface area (Å²) in [5.74, 6) is -0.315. The van der Waals surface area contributed by atoms with Crippen molar-refractivity contribution in [2.75, 3.05) is 11.9 Å². The van der Waals surface area contributed by atoms with Crippen LogP contribution in [0.4, 0.5) is 5.69 Å². The highest BCUT2D eigenvalue weighted by atomic mass is 16.2. The van der Waals surface area contributed by atoms with E-state index in [9.17, 15) is 9.59 Å². The molecule has 2 heterocycles. The predicted octanol–water partition coefficient (Wildman–Crippen LogP) is 4.30. The molecule has 1 N–H and O–H groups in total. The third kappa shape index (κ3) is 4.54. The number of nitrogens with zero attached hydrogens (tertiary/aromatic N) is 2. The Bertz CT molecular complexity index is 801. The summed E-state index contributed by atoms with van der Waals surface area (Å²) in [6, 6.07) is 11.3. The molecular formula is C22H27N3O2. The van der Waals surface area contributed by atoms with Gasteiger partial charge in [-0.2, -0.15) is 0 Å². The zero-order valence-corrected chi connectivity index (χ0v) is 16.1. The van der Waals surface area contributed by atoms with Gasteiger partial charge in [-0.25, -0.2) is 0 Å². The number of benzene rings is 1. The molecule has 1 aromatic heterocycles. The van der Waals surface area contributed by atoms with Crippen molar-refractivity contribution in [1.82, 2.24) is 9.88 Å². The quantitative estimate of drug-likeness (QED) is 0.859. The van der Waals surface area contributed by atoms with E-state index in [1.165, 1.54) is 18.2 Å². The number of rotatable bonds is 5. The van der Waals surface area contributed by atoms with E-state index in [2.05, 4.69) is 24.1 Å². The van der Waals surface area contributed by atoms with E-state index in [4.69, 9.17) is 0 Å². The first-order valence-corrected chi connectivity index (χ1v) is 9.79. The summed E-state index contributed by atoms with van der Waals surface area (Å²) in [5, 5.41) is 2.85. The molecule has 5 heteroatoms. The molecular weight excluding hydrogens is 338 g/mol. The molecule has 1 fully saturated rings. The first kappa shape index (κ1) is 19.1. The van der Waals surface area contributed by atoms with E-state index >= 15 is 0 Å². The predicted molar refractivity (Wildman–Crippen MR) is 107 cm³/mol. The van der Waals surface area contributed by atoms with Crippen LogP contribution in [0.1, 0.15) is 65.9 Å². The maximum Gasteiger partial charge on any atom is 0.274 e. The van der Waals surface area contributed by atoms with Crippen molar-refractivity contribution in [3.63, 3.8) is 0 Å². The van der Waals surface area contributed by atoms with Crippen molar-refractivity contribution in [3.8, 4) is 0 Å². The van der Waals surface area contributed by atoms with Crippen molar-refractivity contribution < 1.29 is 9.59 Å². The molecule has 0 aliphatic carbocycles. The van der Waals surface area contributed by atoms with E-state index in [1.807, 2.05) is 29.2 Å². The molecule has 1 aromatic carbocycles. The molecule has 1 aliphatic heterocycles. The lowest BCUT2D eigenvalue weighted by Crippen LogP contribution is -2.43. The van der Waals surface area contributed by atoms with Gasteiger partial charge in [0.2, 0.25) is 0 Å². The fraction of sp³-hybridized carbons (Fsp3) is 0.409. The number of nitrogens with one attached hydrogen (secondary N) is 1. The SMILES string of the molecule is CCc1ccc(NC(=O)c2cc(C(=O)N3CCCCC3CC)ccn2)cc1. The molecule has 1 saturated heterocycles. The second-order valence-corrected chi connectivity index (χ2v) is 6.99. The van der Waals surface area contributed by atoms with E-state index in [-0.39, 0.29) is 23.6 Å². The Balaban J connectivity index is 1.73. The second kappa shape index (κ2) is 8.80. The highest BCUT2D eigenvalue weighted by molar-refractivity contribution is 6.04. The van der Waals surface area contributed by atoms with Crippen LogP contribution in [0, 0.1) is 0 Å². The van der Waals surface area contributed by atoms with Crippen molar-refractivity contribution in [3.05, 3.63) is 59.4 Å². The highest BCUT2D eigenvalue weighted by Crippen LogP contribution is 2.22. The van der Waals surface area contributed by atoms with Gasteiger partial charge in [0.25, 0.3) is 11.8 Å². The molecule has 0 spiro atoms. The number of aromatic nitrogens is 1. The van der Waals surface area contributed by atoms with Crippen LogP contribution >= 0.6 is 0 Å². The maximum atomic E-state index is 12.9. The minimum absolute atomic E-state index is 0.00898. The first-order valence-electron chi connectivity index (χ1n) is 9.79. The van der Waals surface area contributed by atoms with Gasteiger partial charge in [-0.3, -0.25) is 14.6 Å². The average Bonchev–Trinajstić information content (AvgIpc) is 2.73. The Morgan fingerprint density at radius 1 is 1.15 bits per heavy atom. The number of likely N-dealkylation sites (tertiary alicyclic amines) is 1. The lowest BCUT2D eigenvalue weighted by Gasteiger charge is -2.35. The summed E-state index contributed by atoms with van der Waals surface area (Å²) in [5.41, 5.74) is 2.71. The molecule has 5 nitrogen and oxygen atoms in total. The molecule has 0 radical (unpaired) electrons. The number of carbonyl (C=O) groups is 2. The van der Waals surface area contributed by atoms with Crippen LogP contribution in [-0.4, -0.2) is 34.3 Å². The molecule has 27 heavy (non-hydrogen) atoms. The van der Waals surface area contributed by atoms with Gasteiger partial charge in [0, 0.05) is 30.0 Å². The van der Waals surface area contributed by atoms with Crippen molar-refractivity contribution in [2.24, 2.45) is 0 Å². The molecule has 2 amide bonds. The lowest BCUT2D eigenvalue weighted by molar-refractivity contribution is 0.0608. The van der Waals surface area contributed by atoms with Gasteiger partial charge in [-0.1, -0.05) is 26.0 Å². The number of anilines is 1. The molecule has 0 saturated carbocycles. The van der Waals surface area contributed by atoms with Crippen LogP contribution in [0.2, 0.25) is 0 Å². The van der Waals surface area contributed by atoms with Crippen LogP contribution in [-0.2, 0) is 6.42 Å². The zero-order chi connectivity index (χ0) is 19.2. The normalized spacial score (nSPS) is 16.8. The number of hydrogen-bond donors (Lipinski definition) is 1. The number of carbonyl (C=O) groups excluding carboxylic acids is 2. The van der Waals surface area contributed by atoms with Crippen molar-refractivity contribution in [2.45, 2.75) is 52.0 Å². The fourth-order valence-electron chi connectivity index (χ4n) is 3.56. The Labute approximate surface area is 160 Å². The lowest BCUT2D eigenvalue weighted by atomic mass is 9.99. The third-order valence-electron chi connectivity index (χ3n) is 5.22. The van der Waals surface area contributed by atoms with Gasteiger partial charge in [0.05, 0.1) is 0 Å². The fourth-order valence-corrected chi connectivity index (χ4v) is 3.56. The number of piperidine rings is 1. The second-order valence-electron chi connectivity index (χ2n) is 6.99. The molecule has 142 valence electrons. The Kier molecular flexibility index (Phi) is 6.22. The summed E-state index contributed by atoms with van der Waals surface area (Å²) >= 11 is 0. The van der Waals surface area contributed by atoms with Gasteiger partial charge in [0.15, 0.2) is 0 Å². The van der Waals surface area contributed by atoms with E-state index in [0.29, 0.717) is 5.56 Å². The summed E-state index contributed by atoms with van der Waals surface area (Å²) in [6.07, 6.45) is 6.70. The highest BCUT2D eigenvalue weighted by Gasteiger charge is 2.26. The monoisotopic (exact) mass is 365 g/mol. The van der Waals surface area contributed by atoms with Crippen molar-refractivity contribution in [1.29, 1.82) is 0 Å². The van der Waals surface area contributed by atoms with Crippen LogP contribution in [0.3, 0.4) is 0 Å². The number of aryl methyl sites for hydroxylation is 1. The standard InChI is InChI=1S/C22H27N3O2/c1-3-16-8-10-18(11-9-16)24-21(26)20-15-17(12-13-23-20)22(27)25-14-6-5-7-19(25)4-2/h8-13,15,19H,3-7,14H2,1-2H3,(H,24,26). The van der Waals surface area contributed by atoms with Crippen LogP contribution < -0.4 is 5.32 Å². The average molecular weight is 365 g/mol.